The van der Waals surface area contributed by atoms with Crippen LogP contribution in [0, 0.1) is 5.82 Å². The second kappa shape index (κ2) is 4.44. The molecular formula is C10H9FN2OS. The molecule has 15 heavy (non-hydrogen) atoms. The van der Waals surface area contributed by atoms with E-state index < -0.39 is 0 Å². The van der Waals surface area contributed by atoms with Crippen molar-refractivity contribution in [1.29, 1.82) is 0 Å². The lowest BCUT2D eigenvalue weighted by atomic mass is 10.2. The van der Waals surface area contributed by atoms with Crippen molar-refractivity contribution in [3.8, 4) is 11.5 Å². The van der Waals surface area contributed by atoms with Crippen LogP contribution in [-0.2, 0) is 5.75 Å². The Balaban J connectivity index is 2.33. The highest BCUT2D eigenvalue weighted by Gasteiger charge is 2.11. The fourth-order valence-electron chi connectivity index (χ4n) is 1.18. The van der Waals surface area contributed by atoms with Crippen molar-refractivity contribution in [2.75, 3.05) is 6.26 Å². The summed E-state index contributed by atoms with van der Waals surface area (Å²) in [5.74, 6) is 1.04. The molecule has 0 amide bonds. The molecule has 0 spiro atoms. The average Bonchev–Trinajstić information content (AvgIpc) is 2.68. The molecule has 3 nitrogen and oxygen atoms in total. The third-order valence-corrected chi connectivity index (χ3v) is 2.37. The number of benzene rings is 1. The minimum Gasteiger partial charge on any atom is -0.420 e. The zero-order valence-electron chi connectivity index (χ0n) is 8.11. The van der Waals surface area contributed by atoms with Crippen LogP contribution >= 0.6 is 11.8 Å². The van der Waals surface area contributed by atoms with Crippen LogP contribution in [0.1, 0.15) is 5.89 Å². The summed E-state index contributed by atoms with van der Waals surface area (Å²) in [6.07, 6.45) is 1.94. The number of thioether (sulfide) groups is 1. The lowest BCUT2D eigenvalue weighted by Gasteiger charge is -1.95. The molecule has 78 valence electrons. The Hall–Kier alpha value is -1.36. The van der Waals surface area contributed by atoms with E-state index in [9.17, 15) is 4.39 Å². The largest absolute Gasteiger partial charge is 0.420 e. The van der Waals surface area contributed by atoms with Crippen LogP contribution in [0.4, 0.5) is 4.39 Å². The molecule has 0 radical (unpaired) electrons. The van der Waals surface area contributed by atoms with Crippen LogP contribution in [0.25, 0.3) is 11.5 Å². The Labute approximate surface area is 90.7 Å². The fraction of sp³-hybridized carbons (Fsp3) is 0.200. The maximum atomic E-state index is 13.3. The summed E-state index contributed by atoms with van der Waals surface area (Å²) in [6, 6.07) is 6.34. The van der Waals surface area contributed by atoms with Crippen molar-refractivity contribution in [3.05, 3.63) is 36.0 Å². The van der Waals surface area contributed by atoms with Gasteiger partial charge in [-0.15, -0.1) is 10.2 Å². The summed E-state index contributed by atoms with van der Waals surface area (Å²) in [4.78, 5) is 0. The third-order valence-electron chi connectivity index (χ3n) is 1.84. The van der Waals surface area contributed by atoms with E-state index in [1.807, 2.05) is 6.26 Å². The van der Waals surface area contributed by atoms with Crippen LogP contribution in [0.2, 0.25) is 0 Å². The van der Waals surface area contributed by atoms with E-state index in [1.165, 1.54) is 6.07 Å². The molecule has 1 aromatic carbocycles. The van der Waals surface area contributed by atoms with E-state index in [1.54, 1.807) is 30.0 Å². The van der Waals surface area contributed by atoms with Crippen molar-refractivity contribution < 1.29 is 8.81 Å². The van der Waals surface area contributed by atoms with Gasteiger partial charge in [0, 0.05) is 0 Å². The first-order valence-corrected chi connectivity index (χ1v) is 5.77. The van der Waals surface area contributed by atoms with Gasteiger partial charge >= 0.3 is 0 Å². The lowest BCUT2D eigenvalue weighted by Crippen LogP contribution is -1.82. The molecule has 0 atom stereocenters. The molecule has 0 aliphatic heterocycles. The van der Waals surface area contributed by atoms with Crippen LogP contribution < -0.4 is 0 Å². The molecule has 5 heteroatoms. The van der Waals surface area contributed by atoms with E-state index in [2.05, 4.69) is 10.2 Å². The zero-order valence-corrected chi connectivity index (χ0v) is 8.92. The molecule has 0 fully saturated rings. The molecule has 0 N–H and O–H groups in total. The summed E-state index contributed by atoms with van der Waals surface area (Å²) in [5, 5.41) is 7.62. The minimum absolute atomic E-state index is 0.233. The van der Waals surface area contributed by atoms with Gasteiger partial charge in [-0.3, -0.25) is 0 Å². The predicted molar refractivity (Wildman–Crippen MR) is 56.9 cm³/mol. The van der Waals surface area contributed by atoms with Gasteiger partial charge in [0.1, 0.15) is 5.82 Å². The van der Waals surface area contributed by atoms with Crippen LogP contribution in [0.3, 0.4) is 0 Å². The Morgan fingerprint density at radius 1 is 1.33 bits per heavy atom. The van der Waals surface area contributed by atoms with Crippen LogP contribution in [0.15, 0.2) is 28.7 Å². The molecule has 0 unspecified atom stereocenters. The van der Waals surface area contributed by atoms with Gasteiger partial charge in [-0.1, -0.05) is 12.1 Å². The minimum atomic E-state index is -0.350. The number of aromatic nitrogens is 2. The highest BCUT2D eigenvalue weighted by atomic mass is 32.2. The van der Waals surface area contributed by atoms with E-state index in [0.717, 1.165) is 0 Å². The predicted octanol–water partition coefficient (Wildman–Crippen LogP) is 2.74. The van der Waals surface area contributed by atoms with Gasteiger partial charge in [-0.05, 0) is 18.4 Å². The van der Waals surface area contributed by atoms with Gasteiger partial charge < -0.3 is 4.42 Å². The second-order valence-electron chi connectivity index (χ2n) is 2.91. The molecule has 2 rings (SSSR count). The van der Waals surface area contributed by atoms with Gasteiger partial charge in [0.15, 0.2) is 0 Å². The zero-order chi connectivity index (χ0) is 10.7. The van der Waals surface area contributed by atoms with Gasteiger partial charge in [0.25, 0.3) is 5.89 Å². The maximum absolute atomic E-state index is 13.3. The average molecular weight is 224 g/mol. The number of nitrogens with zero attached hydrogens (tertiary/aromatic N) is 2. The molecule has 2 aromatic rings. The molecule has 0 aliphatic carbocycles. The maximum Gasteiger partial charge on any atom is 0.250 e. The fourth-order valence-corrected chi connectivity index (χ4v) is 1.54. The van der Waals surface area contributed by atoms with Crippen molar-refractivity contribution in [1.82, 2.24) is 10.2 Å². The molecule has 1 aromatic heterocycles. The quantitative estimate of drug-likeness (QED) is 0.803. The second-order valence-corrected chi connectivity index (χ2v) is 3.78. The molecular weight excluding hydrogens is 215 g/mol. The monoisotopic (exact) mass is 224 g/mol. The highest BCUT2D eigenvalue weighted by molar-refractivity contribution is 7.97. The third kappa shape index (κ3) is 2.18. The lowest BCUT2D eigenvalue weighted by molar-refractivity contribution is 0.522. The number of halogens is 1. The van der Waals surface area contributed by atoms with E-state index in [-0.39, 0.29) is 11.7 Å². The van der Waals surface area contributed by atoms with Gasteiger partial charge in [0.05, 0.1) is 11.3 Å². The molecule has 1 heterocycles. The first kappa shape index (κ1) is 10.2. The van der Waals surface area contributed by atoms with Gasteiger partial charge in [0.2, 0.25) is 5.89 Å². The van der Waals surface area contributed by atoms with Crippen molar-refractivity contribution >= 4 is 11.8 Å². The SMILES string of the molecule is CSCc1nnc(-c2ccccc2F)o1. The van der Waals surface area contributed by atoms with Crippen molar-refractivity contribution in [3.63, 3.8) is 0 Å². The highest BCUT2D eigenvalue weighted by Crippen LogP contribution is 2.21. The summed E-state index contributed by atoms with van der Waals surface area (Å²) in [6.45, 7) is 0. The normalized spacial score (nSPS) is 10.5. The summed E-state index contributed by atoms with van der Waals surface area (Å²) >= 11 is 1.58. The summed E-state index contributed by atoms with van der Waals surface area (Å²) in [7, 11) is 0. The topological polar surface area (TPSA) is 38.9 Å². The Morgan fingerprint density at radius 3 is 2.87 bits per heavy atom. The van der Waals surface area contributed by atoms with Crippen LogP contribution in [-0.4, -0.2) is 16.5 Å². The summed E-state index contributed by atoms with van der Waals surface area (Å²) in [5.41, 5.74) is 0.345. The van der Waals surface area contributed by atoms with Gasteiger partial charge in [-0.2, -0.15) is 11.8 Å². The van der Waals surface area contributed by atoms with E-state index in [4.69, 9.17) is 4.42 Å². The molecule has 0 saturated heterocycles. The van der Waals surface area contributed by atoms with E-state index >= 15 is 0 Å². The molecule has 0 saturated carbocycles. The van der Waals surface area contributed by atoms with Gasteiger partial charge in [-0.25, -0.2) is 4.39 Å². The molecule has 0 bridgehead atoms. The Bertz CT molecular complexity index is 458. The summed E-state index contributed by atoms with van der Waals surface area (Å²) < 4.78 is 18.6. The number of rotatable bonds is 3. The van der Waals surface area contributed by atoms with Crippen molar-refractivity contribution in [2.45, 2.75) is 5.75 Å². The first-order valence-electron chi connectivity index (χ1n) is 4.37. The smallest absolute Gasteiger partial charge is 0.250 e. The van der Waals surface area contributed by atoms with E-state index in [0.29, 0.717) is 17.2 Å². The number of hydrogen-bond donors (Lipinski definition) is 0. The standard InChI is InChI=1S/C10H9FN2OS/c1-15-6-9-12-13-10(14-9)7-4-2-3-5-8(7)11/h2-5H,6H2,1H3. The van der Waals surface area contributed by atoms with Crippen molar-refractivity contribution in [2.24, 2.45) is 0 Å². The Morgan fingerprint density at radius 2 is 2.13 bits per heavy atom. The molecule has 0 aliphatic rings. The van der Waals surface area contributed by atoms with Crippen LogP contribution in [0.5, 0.6) is 0 Å². The Kier molecular flexibility index (Phi) is 3.01. The number of hydrogen-bond acceptors (Lipinski definition) is 4. The first-order chi connectivity index (χ1) is 7.31.